The van der Waals surface area contributed by atoms with E-state index in [-0.39, 0.29) is 17.4 Å². The Morgan fingerprint density at radius 3 is 2.90 bits per heavy atom. The molecule has 21 heavy (non-hydrogen) atoms. The average molecular weight is 309 g/mol. The van der Waals surface area contributed by atoms with Gasteiger partial charge in [0.25, 0.3) is 0 Å². The van der Waals surface area contributed by atoms with E-state index >= 15 is 0 Å². The van der Waals surface area contributed by atoms with Crippen molar-refractivity contribution in [2.75, 3.05) is 5.75 Å². The van der Waals surface area contributed by atoms with Crippen molar-refractivity contribution >= 4 is 23.8 Å². The highest BCUT2D eigenvalue weighted by atomic mass is 32.2. The molecule has 2 rings (SSSR count). The molecule has 1 aliphatic heterocycles. The molecule has 0 bridgehead atoms. The minimum absolute atomic E-state index is 0.0953. The Hall–Kier alpha value is -1.76. The highest BCUT2D eigenvalue weighted by Crippen LogP contribution is 2.31. The second kappa shape index (κ2) is 6.80. The highest BCUT2D eigenvalue weighted by Gasteiger charge is 2.41. The topological polar surface area (TPSA) is 82.5 Å². The lowest BCUT2D eigenvalue weighted by Crippen LogP contribution is -2.50. The molecule has 1 aliphatic rings. The Morgan fingerprint density at radius 1 is 1.57 bits per heavy atom. The van der Waals surface area contributed by atoms with Gasteiger partial charge in [0.2, 0.25) is 0 Å². The lowest BCUT2D eigenvalue weighted by atomic mass is 10.2. The lowest BCUT2D eigenvalue weighted by molar-refractivity contribution is -0.141. The van der Waals surface area contributed by atoms with Crippen molar-refractivity contribution in [3.8, 4) is 0 Å². The zero-order valence-electron chi connectivity index (χ0n) is 12.0. The highest BCUT2D eigenvalue weighted by molar-refractivity contribution is 8.00. The van der Waals surface area contributed by atoms with E-state index in [1.165, 1.54) is 16.7 Å². The quantitative estimate of drug-likeness (QED) is 0.890. The zero-order chi connectivity index (χ0) is 15.4. The van der Waals surface area contributed by atoms with Crippen LogP contribution in [-0.2, 0) is 4.79 Å². The maximum atomic E-state index is 12.4. The molecular weight excluding hydrogens is 290 g/mol. The summed E-state index contributed by atoms with van der Waals surface area (Å²) < 4.78 is 0. The minimum atomic E-state index is -0.959. The Morgan fingerprint density at radius 2 is 2.33 bits per heavy atom. The number of pyridine rings is 1. The molecule has 0 saturated carbocycles. The second-order valence-electron chi connectivity index (χ2n) is 4.88. The summed E-state index contributed by atoms with van der Waals surface area (Å²) in [6.07, 6.45) is 2.39. The number of hydrogen-bond acceptors (Lipinski definition) is 4. The molecule has 0 aromatic carbocycles. The number of nitrogens with one attached hydrogen (secondary N) is 1. The number of thioether (sulfide) groups is 1. The predicted molar refractivity (Wildman–Crippen MR) is 81.0 cm³/mol. The number of carbonyl (C=O) groups is 2. The third-order valence-corrected chi connectivity index (χ3v) is 4.89. The standard InChI is InChI=1S/C14H19N3O3S/c1-3-12-17(11(8-21-12)13(18)19)14(20)16-9(2)10-6-4-5-7-15-10/h4-7,9,11-12H,3,8H2,1-2H3,(H,16,20)(H,18,19). The van der Waals surface area contributed by atoms with Crippen LogP contribution < -0.4 is 5.32 Å². The second-order valence-corrected chi connectivity index (χ2v) is 6.09. The summed E-state index contributed by atoms with van der Waals surface area (Å²) in [4.78, 5) is 29.3. The molecule has 6 nitrogen and oxygen atoms in total. The summed E-state index contributed by atoms with van der Waals surface area (Å²) in [6, 6.07) is 4.11. The number of carbonyl (C=O) groups excluding carboxylic acids is 1. The third-order valence-electron chi connectivity index (χ3n) is 3.43. The van der Waals surface area contributed by atoms with E-state index in [1.54, 1.807) is 6.20 Å². The predicted octanol–water partition coefficient (Wildman–Crippen LogP) is 2.09. The van der Waals surface area contributed by atoms with E-state index in [0.29, 0.717) is 5.75 Å². The smallest absolute Gasteiger partial charge is 0.327 e. The molecule has 2 N–H and O–H groups in total. The first-order valence-electron chi connectivity index (χ1n) is 6.88. The van der Waals surface area contributed by atoms with Crippen molar-refractivity contribution in [3.63, 3.8) is 0 Å². The van der Waals surface area contributed by atoms with Gasteiger partial charge in [0.1, 0.15) is 6.04 Å². The molecule has 0 radical (unpaired) electrons. The van der Waals surface area contributed by atoms with Crippen molar-refractivity contribution in [3.05, 3.63) is 30.1 Å². The molecule has 1 saturated heterocycles. The maximum Gasteiger partial charge on any atom is 0.327 e. The number of urea groups is 1. The number of nitrogens with zero attached hydrogens (tertiary/aromatic N) is 2. The van der Waals surface area contributed by atoms with Gasteiger partial charge in [-0.2, -0.15) is 0 Å². The van der Waals surface area contributed by atoms with E-state index in [2.05, 4.69) is 10.3 Å². The summed E-state index contributed by atoms with van der Waals surface area (Å²) in [5.41, 5.74) is 0.748. The van der Waals surface area contributed by atoms with Gasteiger partial charge in [0.05, 0.1) is 17.1 Å². The van der Waals surface area contributed by atoms with E-state index < -0.39 is 12.0 Å². The maximum absolute atomic E-state index is 12.4. The van der Waals surface area contributed by atoms with Gasteiger partial charge in [-0.1, -0.05) is 13.0 Å². The molecule has 2 amide bonds. The summed E-state index contributed by atoms with van der Waals surface area (Å²) in [7, 11) is 0. The van der Waals surface area contributed by atoms with Crippen LogP contribution in [0, 0.1) is 0 Å². The Bertz CT molecular complexity index is 511. The molecule has 1 aromatic heterocycles. The van der Waals surface area contributed by atoms with Crippen molar-refractivity contribution in [2.45, 2.75) is 37.7 Å². The van der Waals surface area contributed by atoms with Crippen LogP contribution in [0.2, 0.25) is 0 Å². The van der Waals surface area contributed by atoms with Crippen molar-refractivity contribution in [2.24, 2.45) is 0 Å². The number of aliphatic carboxylic acids is 1. The number of amides is 2. The van der Waals surface area contributed by atoms with Crippen LogP contribution in [0.5, 0.6) is 0 Å². The summed E-state index contributed by atoms with van der Waals surface area (Å²) in [5.74, 6) is -0.529. The van der Waals surface area contributed by atoms with E-state index in [0.717, 1.165) is 12.1 Å². The summed E-state index contributed by atoms with van der Waals surface area (Å²) >= 11 is 1.51. The largest absolute Gasteiger partial charge is 0.480 e. The SMILES string of the molecule is CCC1SCC(C(=O)O)N1C(=O)NC(C)c1ccccn1. The molecule has 3 unspecified atom stereocenters. The van der Waals surface area contributed by atoms with Gasteiger partial charge in [0.15, 0.2) is 0 Å². The fraction of sp³-hybridized carbons (Fsp3) is 0.500. The normalized spacial score (nSPS) is 22.9. The fourth-order valence-corrected chi connectivity index (χ4v) is 3.65. The van der Waals surface area contributed by atoms with Gasteiger partial charge in [-0.25, -0.2) is 9.59 Å². The summed E-state index contributed by atoms with van der Waals surface area (Å²) in [5, 5.41) is 12.0. The van der Waals surface area contributed by atoms with Crippen LogP contribution in [0.3, 0.4) is 0 Å². The first-order valence-corrected chi connectivity index (χ1v) is 7.93. The number of hydrogen-bond donors (Lipinski definition) is 2. The minimum Gasteiger partial charge on any atom is -0.480 e. The number of carboxylic acids is 1. The van der Waals surface area contributed by atoms with Crippen LogP contribution in [0.1, 0.15) is 32.0 Å². The van der Waals surface area contributed by atoms with E-state index in [1.807, 2.05) is 32.0 Å². The Balaban J connectivity index is 2.08. The van der Waals surface area contributed by atoms with Crippen LogP contribution in [0.25, 0.3) is 0 Å². The number of carboxylic acid groups (broad SMARTS) is 1. The molecule has 2 heterocycles. The van der Waals surface area contributed by atoms with Crippen LogP contribution >= 0.6 is 11.8 Å². The first-order chi connectivity index (χ1) is 10.0. The van der Waals surface area contributed by atoms with Crippen LogP contribution in [0.15, 0.2) is 24.4 Å². The molecule has 114 valence electrons. The van der Waals surface area contributed by atoms with Gasteiger partial charge in [-0.3, -0.25) is 9.88 Å². The summed E-state index contributed by atoms with van der Waals surface area (Å²) in [6.45, 7) is 3.78. The monoisotopic (exact) mass is 309 g/mol. The van der Waals surface area contributed by atoms with Gasteiger partial charge in [-0.15, -0.1) is 11.8 Å². The number of rotatable bonds is 4. The molecule has 0 spiro atoms. The zero-order valence-corrected chi connectivity index (χ0v) is 12.8. The molecule has 7 heteroatoms. The Kier molecular flexibility index (Phi) is 5.06. The van der Waals surface area contributed by atoms with Crippen LogP contribution in [0.4, 0.5) is 4.79 Å². The average Bonchev–Trinajstić information content (AvgIpc) is 2.92. The van der Waals surface area contributed by atoms with Gasteiger partial charge >= 0.3 is 12.0 Å². The Labute approximate surface area is 127 Å². The van der Waals surface area contributed by atoms with Crippen molar-refractivity contribution in [1.29, 1.82) is 0 Å². The molecule has 1 aromatic rings. The molecule has 3 atom stereocenters. The third kappa shape index (κ3) is 3.47. The molecule has 0 aliphatic carbocycles. The lowest BCUT2D eigenvalue weighted by Gasteiger charge is -2.28. The van der Waals surface area contributed by atoms with Gasteiger partial charge < -0.3 is 10.4 Å². The van der Waals surface area contributed by atoms with E-state index in [9.17, 15) is 14.7 Å². The van der Waals surface area contributed by atoms with Gasteiger partial charge in [-0.05, 0) is 25.5 Å². The number of aromatic nitrogens is 1. The van der Waals surface area contributed by atoms with Gasteiger partial charge in [0, 0.05) is 11.9 Å². The van der Waals surface area contributed by atoms with Crippen molar-refractivity contribution < 1.29 is 14.7 Å². The molecular formula is C14H19N3O3S. The van der Waals surface area contributed by atoms with E-state index in [4.69, 9.17) is 0 Å². The fourth-order valence-electron chi connectivity index (χ4n) is 2.31. The van der Waals surface area contributed by atoms with Crippen LogP contribution in [-0.4, -0.2) is 44.2 Å². The first kappa shape index (κ1) is 15.6. The van der Waals surface area contributed by atoms with Crippen molar-refractivity contribution in [1.82, 2.24) is 15.2 Å². The molecule has 1 fully saturated rings.